The molecule has 0 aromatic carbocycles. The summed E-state index contributed by atoms with van der Waals surface area (Å²) < 4.78 is 5.08. The van der Waals surface area contributed by atoms with Gasteiger partial charge >= 0.3 is 92.4 Å². The third-order valence-electron chi connectivity index (χ3n) is 2.90. The zero-order chi connectivity index (χ0) is 9.94. The summed E-state index contributed by atoms with van der Waals surface area (Å²) in [6.07, 6.45) is 8.87. The van der Waals surface area contributed by atoms with E-state index in [0.717, 1.165) is 0 Å². The maximum absolute atomic E-state index is 2.34. The second kappa shape index (κ2) is 13.7. The monoisotopic (exact) mass is 311 g/mol. The quantitative estimate of drug-likeness (QED) is 0.568. The molecule has 14 heavy (non-hydrogen) atoms. The van der Waals surface area contributed by atoms with E-state index in [1.165, 1.54) is 38.5 Å². The molecule has 0 unspecified atom stereocenters. The Hall–Kier alpha value is 0.729. The normalized spacial score (nSPS) is 10.3. The molecule has 0 N–H and O–H groups in total. The fourth-order valence-electron chi connectivity index (χ4n) is 1.91. The van der Waals surface area contributed by atoms with Crippen LogP contribution in [0.15, 0.2) is 0 Å². The summed E-state index contributed by atoms with van der Waals surface area (Å²) in [6, 6.07) is 0. The van der Waals surface area contributed by atoms with E-state index < -0.39 is 19.8 Å². The van der Waals surface area contributed by atoms with Crippen molar-refractivity contribution in [2.45, 2.75) is 72.6 Å². The molecule has 0 aliphatic rings. The molecule has 0 aliphatic carbocycles. The molecule has 0 aliphatic heterocycles. The van der Waals surface area contributed by atoms with Crippen LogP contribution in [0, 0.1) is 0 Å². The second-order valence-electron chi connectivity index (χ2n) is 4.29. The summed E-state index contributed by atoms with van der Waals surface area (Å²) >= 11 is -0.967. The average Bonchev–Trinajstić information content (AvgIpc) is 2.17. The first-order valence-electron chi connectivity index (χ1n) is 6.35. The van der Waals surface area contributed by atoms with Gasteiger partial charge in [-0.1, -0.05) is 0 Å². The smallest absolute Gasteiger partial charge is 1.00 e. The van der Waals surface area contributed by atoms with Crippen LogP contribution >= 0.6 is 0 Å². The summed E-state index contributed by atoms with van der Waals surface area (Å²) in [7, 11) is 0. The van der Waals surface area contributed by atoms with Crippen LogP contribution in [0.4, 0.5) is 0 Å². The Balaban J connectivity index is 0. The van der Waals surface area contributed by atoms with Crippen molar-refractivity contribution >= 4 is 19.8 Å². The first kappa shape index (κ1) is 17.1. The van der Waals surface area contributed by atoms with Crippen molar-refractivity contribution in [1.29, 1.82) is 0 Å². The SMILES string of the molecule is CCC[CH2][SnH]([CH2]CCC)[CH2]CCC.[F-]. The van der Waals surface area contributed by atoms with Crippen molar-refractivity contribution in [3.8, 4) is 0 Å². The van der Waals surface area contributed by atoms with Gasteiger partial charge in [0.1, 0.15) is 0 Å². The summed E-state index contributed by atoms with van der Waals surface area (Å²) in [5.74, 6) is 0. The van der Waals surface area contributed by atoms with Crippen LogP contribution < -0.4 is 4.70 Å². The molecule has 0 radical (unpaired) electrons. The minimum Gasteiger partial charge on any atom is -1.00 e. The standard InChI is InChI=1S/3C4H9.FH.Sn.H/c3*1-3-4-2;;;/h3*1,3-4H2,2H3;1H;;/p-1. The Morgan fingerprint density at radius 2 is 0.929 bits per heavy atom. The number of hydrogen-bond acceptors (Lipinski definition) is 0. The molecule has 0 atom stereocenters. The maximum Gasteiger partial charge on any atom is -1.00 e. The van der Waals surface area contributed by atoms with Crippen LogP contribution in [0.25, 0.3) is 0 Å². The average molecular weight is 310 g/mol. The van der Waals surface area contributed by atoms with E-state index in [9.17, 15) is 0 Å². The maximum atomic E-state index is 2.34. The van der Waals surface area contributed by atoms with Gasteiger partial charge in [-0.2, -0.15) is 0 Å². The van der Waals surface area contributed by atoms with Crippen LogP contribution in [0.3, 0.4) is 0 Å². The molecule has 2 heteroatoms. The molecule has 0 bridgehead atoms. The van der Waals surface area contributed by atoms with Gasteiger partial charge in [0.15, 0.2) is 0 Å². The van der Waals surface area contributed by atoms with E-state index in [1.807, 2.05) is 0 Å². The second-order valence-corrected chi connectivity index (χ2v) is 14.2. The molecule has 0 nitrogen and oxygen atoms in total. The van der Waals surface area contributed by atoms with Crippen LogP contribution in [0.1, 0.15) is 59.3 Å². The van der Waals surface area contributed by atoms with Crippen LogP contribution in [0.2, 0.25) is 13.3 Å². The Morgan fingerprint density at radius 3 is 1.14 bits per heavy atom. The van der Waals surface area contributed by atoms with Gasteiger partial charge < -0.3 is 4.70 Å². The molecule has 0 aromatic heterocycles. The Labute approximate surface area is 97.0 Å². The predicted molar refractivity (Wildman–Crippen MR) is 66.3 cm³/mol. The molecule has 0 aromatic rings. The van der Waals surface area contributed by atoms with Crippen molar-refractivity contribution in [1.82, 2.24) is 0 Å². The van der Waals surface area contributed by atoms with Crippen molar-refractivity contribution in [2.24, 2.45) is 0 Å². The van der Waals surface area contributed by atoms with E-state index in [-0.39, 0.29) is 4.70 Å². The molecule has 0 saturated heterocycles. The topological polar surface area (TPSA) is 0 Å². The Bertz CT molecular complexity index is 77.3. The number of halogens is 1. The summed E-state index contributed by atoms with van der Waals surface area (Å²) in [4.78, 5) is 0. The minimum atomic E-state index is -0.967. The summed E-state index contributed by atoms with van der Waals surface area (Å²) in [5.41, 5.74) is 0. The molecule has 88 valence electrons. The first-order chi connectivity index (χ1) is 6.35. The Kier molecular flexibility index (Phi) is 16.8. The van der Waals surface area contributed by atoms with Gasteiger partial charge in [-0.3, -0.25) is 0 Å². The third kappa shape index (κ3) is 10.8. The van der Waals surface area contributed by atoms with E-state index in [4.69, 9.17) is 0 Å². The molecule has 0 spiro atoms. The van der Waals surface area contributed by atoms with Gasteiger partial charge in [-0.05, 0) is 0 Å². The van der Waals surface area contributed by atoms with Gasteiger partial charge in [-0.15, -0.1) is 0 Å². The van der Waals surface area contributed by atoms with Gasteiger partial charge in [0.2, 0.25) is 0 Å². The number of unbranched alkanes of at least 4 members (excludes halogenated alkanes) is 3. The fraction of sp³-hybridized carbons (Fsp3) is 1.00. The van der Waals surface area contributed by atoms with Gasteiger partial charge in [-0.25, -0.2) is 0 Å². The van der Waals surface area contributed by atoms with Crippen molar-refractivity contribution in [3.63, 3.8) is 0 Å². The van der Waals surface area contributed by atoms with Gasteiger partial charge in [0.25, 0.3) is 0 Å². The van der Waals surface area contributed by atoms with Gasteiger partial charge in [0.05, 0.1) is 0 Å². The van der Waals surface area contributed by atoms with Crippen molar-refractivity contribution in [3.05, 3.63) is 0 Å². The van der Waals surface area contributed by atoms with Crippen molar-refractivity contribution in [2.75, 3.05) is 0 Å². The van der Waals surface area contributed by atoms with Crippen molar-refractivity contribution < 1.29 is 4.70 Å². The summed E-state index contributed by atoms with van der Waals surface area (Å²) in [6.45, 7) is 7.01. The predicted octanol–water partition coefficient (Wildman–Crippen LogP) is 1.62. The van der Waals surface area contributed by atoms with Crippen LogP contribution in [-0.4, -0.2) is 19.8 Å². The van der Waals surface area contributed by atoms with Crippen LogP contribution in [0.5, 0.6) is 0 Å². The molecular formula is C12H28FSn-. The minimum absolute atomic E-state index is 0. The Morgan fingerprint density at radius 1 is 0.643 bits per heavy atom. The third-order valence-corrected chi connectivity index (χ3v) is 13.4. The number of hydrogen-bond donors (Lipinski definition) is 0. The van der Waals surface area contributed by atoms with E-state index in [1.54, 1.807) is 13.3 Å². The number of rotatable bonds is 9. The summed E-state index contributed by atoms with van der Waals surface area (Å²) in [5, 5.41) is 0. The largest absolute Gasteiger partial charge is 1.00 e. The van der Waals surface area contributed by atoms with E-state index in [2.05, 4.69) is 20.8 Å². The fourth-order valence-corrected chi connectivity index (χ4v) is 12.8. The van der Waals surface area contributed by atoms with Gasteiger partial charge in [0, 0.05) is 0 Å². The first-order valence-corrected chi connectivity index (χ1v) is 13.3. The molecule has 0 saturated carbocycles. The van der Waals surface area contributed by atoms with E-state index in [0.29, 0.717) is 0 Å². The van der Waals surface area contributed by atoms with E-state index >= 15 is 0 Å². The molecule has 0 rings (SSSR count). The zero-order valence-corrected chi connectivity index (χ0v) is 13.6. The molecule has 0 heterocycles. The van der Waals surface area contributed by atoms with Crippen LogP contribution in [-0.2, 0) is 0 Å². The zero-order valence-electron chi connectivity index (χ0n) is 10.3. The molecule has 0 amide bonds. The molecular weight excluding hydrogens is 282 g/mol. The molecule has 0 fully saturated rings.